The third-order valence-corrected chi connectivity index (χ3v) is 5.35. The van der Waals surface area contributed by atoms with Gasteiger partial charge in [-0.25, -0.2) is 0 Å². The number of fused-ring (bicyclic) bond motifs is 1. The highest BCUT2D eigenvalue weighted by Crippen LogP contribution is 2.34. The zero-order valence-electron chi connectivity index (χ0n) is 13.7. The zero-order chi connectivity index (χ0) is 14.8. The third-order valence-electron chi connectivity index (χ3n) is 5.35. The van der Waals surface area contributed by atoms with Gasteiger partial charge in [-0.2, -0.15) is 5.10 Å². The van der Waals surface area contributed by atoms with Gasteiger partial charge in [0.25, 0.3) is 0 Å². The first-order chi connectivity index (χ1) is 10.2. The van der Waals surface area contributed by atoms with Crippen molar-refractivity contribution >= 4 is 0 Å². The molecule has 3 atom stereocenters. The zero-order valence-corrected chi connectivity index (χ0v) is 13.7. The van der Waals surface area contributed by atoms with Crippen LogP contribution >= 0.6 is 0 Å². The highest BCUT2D eigenvalue weighted by molar-refractivity contribution is 5.26. The third kappa shape index (κ3) is 2.88. The van der Waals surface area contributed by atoms with E-state index in [-0.39, 0.29) is 0 Å². The van der Waals surface area contributed by atoms with Crippen LogP contribution in [0.5, 0.6) is 0 Å². The van der Waals surface area contributed by atoms with E-state index in [1.165, 1.54) is 42.6 Å². The number of nitrogens with zero attached hydrogens (tertiary/aromatic N) is 2. The summed E-state index contributed by atoms with van der Waals surface area (Å²) in [5, 5.41) is 8.52. The Morgan fingerprint density at radius 2 is 2.10 bits per heavy atom. The Labute approximate surface area is 128 Å². The van der Waals surface area contributed by atoms with Crippen molar-refractivity contribution in [2.45, 2.75) is 71.1 Å². The molecule has 0 radical (unpaired) electrons. The Bertz CT molecular complexity index is 483. The second kappa shape index (κ2) is 6.49. The van der Waals surface area contributed by atoms with Gasteiger partial charge in [-0.3, -0.25) is 4.68 Å². The van der Waals surface area contributed by atoms with Crippen LogP contribution in [0.2, 0.25) is 0 Å². The molecule has 0 aromatic carbocycles. The molecule has 1 saturated carbocycles. The van der Waals surface area contributed by atoms with Crippen molar-refractivity contribution < 1.29 is 4.74 Å². The first kappa shape index (κ1) is 15.0. The number of hydrogen-bond acceptors (Lipinski definition) is 3. The molecular weight excluding hydrogens is 262 g/mol. The van der Waals surface area contributed by atoms with Gasteiger partial charge < -0.3 is 10.1 Å². The molecule has 1 aliphatic carbocycles. The van der Waals surface area contributed by atoms with Crippen molar-refractivity contribution in [3.63, 3.8) is 0 Å². The highest BCUT2D eigenvalue weighted by atomic mass is 16.5. The number of rotatable bonds is 5. The number of aromatic nitrogens is 2. The normalized spacial score (nSPS) is 28.8. The summed E-state index contributed by atoms with van der Waals surface area (Å²) in [5.41, 5.74) is 4.08. The number of ether oxygens (including phenoxy) is 1. The minimum absolute atomic E-state index is 0.515. The maximum absolute atomic E-state index is 5.88. The molecule has 1 aliphatic heterocycles. The van der Waals surface area contributed by atoms with Crippen molar-refractivity contribution in [3.8, 4) is 0 Å². The van der Waals surface area contributed by atoms with Gasteiger partial charge >= 0.3 is 0 Å². The summed E-state index contributed by atoms with van der Waals surface area (Å²) in [6, 6.07) is 0.626. The second-order valence-corrected chi connectivity index (χ2v) is 6.48. The second-order valence-electron chi connectivity index (χ2n) is 6.48. The van der Waals surface area contributed by atoms with Gasteiger partial charge in [0.1, 0.15) is 0 Å². The van der Waals surface area contributed by atoms with Crippen LogP contribution < -0.4 is 5.32 Å². The summed E-state index contributed by atoms with van der Waals surface area (Å²) in [4.78, 5) is 0. The SMILES string of the molecule is CCc1nn(C)c(CC)c1CN[C@@H]1CCC[C@H]2OCC[C@H]12. The fraction of sp³-hybridized carbons (Fsp3) is 0.824. The van der Waals surface area contributed by atoms with Gasteiger partial charge in [-0.15, -0.1) is 0 Å². The summed E-state index contributed by atoms with van der Waals surface area (Å²) in [6.45, 7) is 6.35. The van der Waals surface area contributed by atoms with Gasteiger partial charge in [0.05, 0.1) is 11.8 Å². The van der Waals surface area contributed by atoms with E-state index in [1.807, 2.05) is 0 Å². The van der Waals surface area contributed by atoms with E-state index in [4.69, 9.17) is 4.74 Å². The fourth-order valence-electron chi connectivity index (χ4n) is 4.26. The van der Waals surface area contributed by atoms with Gasteiger partial charge in [0.2, 0.25) is 0 Å². The molecule has 21 heavy (non-hydrogen) atoms. The summed E-state index contributed by atoms with van der Waals surface area (Å²) < 4.78 is 7.94. The maximum Gasteiger partial charge on any atom is 0.0669 e. The van der Waals surface area contributed by atoms with Gasteiger partial charge in [-0.1, -0.05) is 13.8 Å². The molecule has 118 valence electrons. The van der Waals surface area contributed by atoms with E-state index in [9.17, 15) is 0 Å². The van der Waals surface area contributed by atoms with Crippen LogP contribution in [0.15, 0.2) is 0 Å². The van der Waals surface area contributed by atoms with Crippen LogP contribution in [-0.2, 0) is 31.2 Å². The van der Waals surface area contributed by atoms with Crippen molar-refractivity contribution in [3.05, 3.63) is 17.0 Å². The summed E-state index contributed by atoms with van der Waals surface area (Å²) >= 11 is 0. The molecule has 2 heterocycles. The van der Waals surface area contributed by atoms with Crippen molar-refractivity contribution in [2.75, 3.05) is 6.61 Å². The molecule has 4 heteroatoms. The largest absolute Gasteiger partial charge is 0.378 e. The van der Waals surface area contributed by atoms with Crippen molar-refractivity contribution in [1.29, 1.82) is 0 Å². The summed E-state index contributed by atoms with van der Waals surface area (Å²) in [5.74, 6) is 0.727. The molecule has 0 amide bonds. The molecule has 0 unspecified atom stereocenters. The average Bonchev–Trinajstić information content (AvgIpc) is 3.08. The summed E-state index contributed by atoms with van der Waals surface area (Å²) in [6.07, 6.45) is 7.68. The number of nitrogens with one attached hydrogen (secondary N) is 1. The fourth-order valence-corrected chi connectivity index (χ4v) is 4.26. The molecule has 1 saturated heterocycles. The van der Waals surface area contributed by atoms with Crippen LogP contribution in [-0.4, -0.2) is 28.5 Å². The molecule has 1 aromatic rings. The van der Waals surface area contributed by atoms with Gasteiger partial charge in [0.15, 0.2) is 0 Å². The molecule has 0 spiro atoms. The van der Waals surface area contributed by atoms with Crippen molar-refractivity contribution in [2.24, 2.45) is 13.0 Å². The standard InChI is InChI=1S/C17H29N3O/c1-4-14-13(16(5-2)20(3)19-14)11-18-15-7-6-8-17-12(15)9-10-21-17/h12,15,17-18H,4-11H2,1-3H3/t12-,15-,17-/m1/s1. The van der Waals surface area contributed by atoms with Crippen LogP contribution in [0.25, 0.3) is 0 Å². The number of aryl methyl sites for hydroxylation is 2. The number of hydrogen-bond donors (Lipinski definition) is 1. The smallest absolute Gasteiger partial charge is 0.0669 e. The topological polar surface area (TPSA) is 39.1 Å². The van der Waals surface area contributed by atoms with E-state index < -0.39 is 0 Å². The van der Waals surface area contributed by atoms with Gasteiger partial charge in [-0.05, 0) is 38.5 Å². The Hall–Kier alpha value is -0.870. The Balaban J connectivity index is 1.69. The van der Waals surface area contributed by atoms with Crippen LogP contribution in [0.3, 0.4) is 0 Å². The molecule has 3 rings (SSSR count). The first-order valence-electron chi connectivity index (χ1n) is 8.63. The molecule has 0 bridgehead atoms. The maximum atomic E-state index is 5.88. The minimum atomic E-state index is 0.515. The van der Waals surface area contributed by atoms with Crippen molar-refractivity contribution in [1.82, 2.24) is 15.1 Å². The first-order valence-corrected chi connectivity index (χ1v) is 8.63. The van der Waals surface area contributed by atoms with Gasteiger partial charge in [0, 0.05) is 43.4 Å². The highest BCUT2D eigenvalue weighted by Gasteiger charge is 2.37. The summed E-state index contributed by atoms with van der Waals surface area (Å²) in [7, 11) is 2.07. The van der Waals surface area contributed by atoms with Crippen LogP contribution in [0.4, 0.5) is 0 Å². The molecule has 4 nitrogen and oxygen atoms in total. The lowest BCUT2D eigenvalue weighted by atomic mass is 9.81. The Kier molecular flexibility index (Phi) is 4.65. The van der Waals surface area contributed by atoms with Crippen LogP contribution in [0.1, 0.15) is 56.5 Å². The minimum Gasteiger partial charge on any atom is -0.378 e. The molecular formula is C17H29N3O. The average molecular weight is 291 g/mol. The van der Waals surface area contributed by atoms with E-state index in [1.54, 1.807) is 0 Å². The quantitative estimate of drug-likeness (QED) is 0.906. The lowest BCUT2D eigenvalue weighted by Gasteiger charge is -2.33. The van der Waals surface area contributed by atoms with E-state index >= 15 is 0 Å². The lowest BCUT2D eigenvalue weighted by molar-refractivity contribution is 0.0529. The monoisotopic (exact) mass is 291 g/mol. The predicted molar refractivity (Wildman–Crippen MR) is 84.3 cm³/mol. The molecule has 1 aromatic heterocycles. The van der Waals surface area contributed by atoms with E-state index in [2.05, 4.69) is 36.0 Å². The molecule has 2 aliphatic rings. The van der Waals surface area contributed by atoms with E-state index in [0.29, 0.717) is 12.1 Å². The van der Waals surface area contributed by atoms with Crippen LogP contribution in [0, 0.1) is 5.92 Å². The predicted octanol–water partition coefficient (Wildman–Crippen LogP) is 2.59. The lowest BCUT2D eigenvalue weighted by Crippen LogP contribution is -2.42. The molecule has 2 fully saturated rings. The molecule has 1 N–H and O–H groups in total. The Morgan fingerprint density at radius 1 is 1.24 bits per heavy atom. The van der Waals surface area contributed by atoms with E-state index in [0.717, 1.165) is 31.9 Å². The Morgan fingerprint density at radius 3 is 2.86 bits per heavy atom.